The van der Waals surface area contributed by atoms with Gasteiger partial charge in [-0.15, -0.1) is 0 Å². The number of nitrogens with one attached hydrogen (secondary N) is 2. The predicted molar refractivity (Wildman–Crippen MR) is 108 cm³/mol. The maximum absolute atomic E-state index is 13.3. The fraction of sp³-hybridized carbons (Fsp3) is 0.150. The Balaban J connectivity index is 1.76. The highest BCUT2D eigenvalue weighted by Gasteiger charge is 2.33. The Bertz CT molecular complexity index is 1060. The monoisotopic (exact) mass is 395 g/mol. The first-order valence-electron chi connectivity index (χ1n) is 8.65. The maximum atomic E-state index is 13.3. The lowest BCUT2D eigenvalue weighted by molar-refractivity contribution is -0.113. The number of benzene rings is 2. The summed E-state index contributed by atoms with van der Waals surface area (Å²) in [6.07, 6.45) is 1.46. The first kappa shape index (κ1) is 18.1. The number of fused-ring (bicyclic) bond motifs is 1. The van der Waals surface area contributed by atoms with E-state index in [1.807, 2.05) is 31.2 Å². The zero-order valence-corrected chi connectivity index (χ0v) is 16.1. The highest BCUT2D eigenvalue weighted by Crippen LogP contribution is 2.36. The van der Waals surface area contributed by atoms with Crippen molar-refractivity contribution in [2.75, 3.05) is 17.7 Å². The third-order valence-electron chi connectivity index (χ3n) is 4.58. The fourth-order valence-electron chi connectivity index (χ4n) is 3.28. The smallest absolute Gasteiger partial charge is 0.255 e. The molecular weight excluding hydrogens is 378 g/mol. The molecule has 0 fully saturated rings. The van der Waals surface area contributed by atoms with Gasteiger partial charge in [-0.25, -0.2) is 4.68 Å². The van der Waals surface area contributed by atoms with Crippen molar-refractivity contribution in [1.29, 1.82) is 0 Å². The number of aromatic nitrogens is 3. The number of carbonyl (C=O) groups excluding carboxylic acids is 1. The number of ether oxygens (including phenoxy) is 1. The number of hydrogen-bond donors (Lipinski definition) is 2. The molecule has 0 aliphatic carbocycles. The minimum atomic E-state index is -0.439. The van der Waals surface area contributed by atoms with Crippen LogP contribution in [0.3, 0.4) is 0 Å². The lowest BCUT2D eigenvalue weighted by Gasteiger charge is -2.29. The molecule has 28 heavy (non-hydrogen) atoms. The number of rotatable bonds is 4. The van der Waals surface area contributed by atoms with E-state index in [1.165, 1.54) is 6.33 Å². The van der Waals surface area contributed by atoms with Gasteiger partial charge in [-0.3, -0.25) is 4.79 Å². The van der Waals surface area contributed by atoms with E-state index in [9.17, 15) is 4.79 Å². The van der Waals surface area contributed by atoms with Gasteiger partial charge in [-0.1, -0.05) is 35.9 Å². The van der Waals surface area contributed by atoms with Gasteiger partial charge in [-0.05, 0) is 36.8 Å². The van der Waals surface area contributed by atoms with Crippen LogP contribution in [0.1, 0.15) is 18.5 Å². The van der Waals surface area contributed by atoms with Crippen LogP contribution < -0.4 is 15.4 Å². The van der Waals surface area contributed by atoms with Crippen molar-refractivity contribution < 1.29 is 9.53 Å². The van der Waals surface area contributed by atoms with E-state index in [2.05, 4.69) is 20.7 Å². The summed E-state index contributed by atoms with van der Waals surface area (Å²) in [5.74, 6) is 0.907. The van der Waals surface area contributed by atoms with Gasteiger partial charge in [0.05, 0.1) is 18.4 Å². The molecule has 0 bridgehead atoms. The third-order valence-corrected chi connectivity index (χ3v) is 4.83. The molecule has 1 atom stereocenters. The topological polar surface area (TPSA) is 81.1 Å². The van der Waals surface area contributed by atoms with Crippen molar-refractivity contribution in [3.63, 3.8) is 0 Å². The Kier molecular flexibility index (Phi) is 4.75. The zero-order chi connectivity index (χ0) is 19.7. The van der Waals surface area contributed by atoms with Gasteiger partial charge in [0.15, 0.2) is 0 Å². The Morgan fingerprint density at radius 2 is 1.96 bits per heavy atom. The molecule has 2 heterocycles. The molecule has 8 heteroatoms. The molecule has 4 rings (SSSR count). The quantitative estimate of drug-likeness (QED) is 0.700. The summed E-state index contributed by atoms with van der Waals surface area (Å²) in [6.45, 7) is 1.85. The van der Waals surface area contributed by atoms with E-state index in [0.29, 0.717) is 33.7 Å². The van der Waals surface area contributed by atoms with Crippen LogP contribution in [-0.4, -0.2) is 27.8 Å². The number of hydrogen-bond acceptors (Lipinski definition) is 5. The van der Waals surface area contributed by atoms with Gasteiger partial charge in [0.25, 0.3) is 5.91 Å². The molecule has 0 radical (unpaired) electrons. The number of amides is 1. The highest BCUT2D eigenvalue weighted by atomic mass is 35.5. The molecular formula is C20H18ClN5O2. The van der Waals surface area contributed by atoms with Crippen LogP contribution in [-0.2, 0) is 4.79 Å². The minimum Gasteiger partial charge on any atom is -0.495 e. The Labute approximate surface area is 167 Å². The molecule has 0 saturated carbocycles. The van der Waals surface area contributed by atoms with Gasteiger partial charge < -0.3 is 15.4 Å². The van der Waals surface area contributed by atoms with Gasteiger partial charge in [0, 0.05) is 10.7 Å². The number of carbonyl (C=O) groups is 1. The average Bonchev–Trinajstić information content (AvgIpc) is 3.16. The van der Waals surface area contributed by atoms with Crippen LogP contribution in [0.4, 0.5) is 11.6 Å². The van der Waals surface area contributed by atoms with E-state index in [1.54, 1.807) is 36.1 Å². The second-order valence-corrected chi connectivity index (χ2v) is 6.74. The molecule has 3 aromatic rings. The van der Waals surface area contributed by atoms with E-state index < -0.39 is 6.04 Å². The third kappa shape index (κ3) is 3.20. The average molecular weight is 396 g/mol. The highest BCUT2D eigenvalue weighted by molar-refractivity contribution is 6.30. The standard InChI is InChI=1S/C20H18ClN5O2/c1-12-17(19(27)25-15-5-3-4-6-16(15)28-2)18(13-7-9-14(21)10-8-13)26-20(24-12)22-11-23-26/h3-11,18H,1-2H3,(H,25,27)(H,22,23,24). The molecule has 1 aromatic heterocycles. The number of methoxy groups -OCH3 is 1. The van der Waals surface area contributed by atoms with Crippen LogP contribution in [0.2, 0.25) is 5.02 Å². The van der Waals surface area contributed by atoms with Crippen LogP contribution in [0.25, 0.3) is 0 Å². The van der Waals surface area contributed by atoms with Crippen molar-refractivity contribution in [3.8, 4) is 5.75 Å². The van der Waals surface area contributed by atoms with Gasteiger partial charge in [0.2, 0.25) is 5.95 Å². The normalized spacial score (nSPS) is 15.6. The predicted octanol–water partition coefficient (Wildman–Crippen LogP) is 3.87. The van der Waals surface area contributed by atoms with E-state index in [0.717, 1.165) is 5.56 Å². The Hall–Kier alpha value is -3.32. The first-order chi connectivity index (χ1) is 13.6. The van der Waals surface area contributed by atoms with Crippen molar-refractivity contribution in [1.82, 2.24) is 14.8 Å². The summed E-state index contributed by atoms with van der Waals surface area (Å²) in [5.41, 5.74) is 2.70. The Morgan fingerprint density at radius 3 is 2.71 bits per heavy atom. The number of nitrogens with zero attached hydrogens (tertiary/aromatic N) is 3. The second-order valence-electron chi connectivity index (χ2n) is 6.30. The summed E-state index contributed by atoms with van der Waals surface area (Å²) < 4.78 is 7.03. The van der Waals surface area contributed by atoms with Crippen LogP contribution in [0.15, 0.2) is 66.1 Å². The zero-order valence-electron chi connectivity index (χ0n) is 15.3. The van der Waals surface area contributed by atoms with Crippen LogP contribution in [0.5, 0.6) is 5.75 Å². The van der Waals surface area contributed by atoms with E-state index in [4.69, 9.17) is 16.3 Å². The second kappa shape index (κ2) is 7.36. The van der Waals surface area contributed by atoms with Gasteiger partial charge in [-0.2, -0.15) is 10.1 Å². The number of para-hydroxylation sites is 2. The first-order valence-corrected chi connectivity index (χ1v) is 9.03. The van der Waals surface area contributed by atoms with Crippen LogP contribution in [0, 0.1) is 0 Å². The van der Waals surface area contributed by atoms with E-state index >= 15 is 0 Å². The van der Waals surface area contributed by atoms with Crippen molar-refractivity contribution in [3.05, 3.63) is 76.7 Å². The summed E-state index contributed by atoms with van der Waals surface area (Å²) in [4.78, 5) is 17.5. The summed E-state index contributed by atoms with van der Waals surface area (Å²) in [7, 11) is 1.57. The Morgan fingerprint density at radius 1 is 1.21 bits per heavy atom. The molecule has 7 nitrogen and oxygen atoms in total. The largest absolute Gasteiger partial charge is 0.495 e. The molecule has 1 aliphatic rings. The van der Waals surface area contributed by atoms with Gasteiger partial charge >= 0.3 is 0 Å². The van der Waals surface area contributed by atoms with Crippen LogP contribution >= 0.6 is 11.6 Å². The lowest BCUT2D eigenvalue weighted by atomic mass is 9.95. The lowest BCUT2D eigenvalue weighted by Crippen LogP contribution is -2.31. The molecule has 1 aliphatic heterocycles. The fourth-order valence-corrected chi connectivity index (χ4v) is 3.40. The maximum Gasteiger partial charge on any atom is 0.255 e. The SMILES string of the molecule is COc1ccccc1NC(=O)C1=C(C)Nc2ncnn2C1c1ccc(Cl)cc1. The molecule has 0 saturated heterocycles. The summed E-state index contributed by atoms with van der Waals surface area (Å²) in [6, 6.07) is 14.2. The van der Waals surface area contributed by atoms with Crippen molar-refractivity contribution in [2.24, 2.45) is 0 Å². The number of anilines is 2. The molecule has 1 amide bonds. The van der Waals surface area contributed by atoms with Gasteiger partial charge in [0.1, 0.15) is 18.1 Å². The molecule has 2 N–H and O–H groups in total. The molecule has 142 valence electrons. The van der Waals surface area contributed by atoms with Crippen molar-refractivity contribution in [2.45, 2.75) is 13.0 Å². The molecule has 1 unspecified atom stereocenters. The summed E-state index contributed by atoms with van der Waals surface area (Å²) in [5, 5.41) is 11.0. The minimum absolute atomic E-state index is 0.254. The molecule has 0 spiro atoms. The number of allylic oxidation sites excluding steroid dienone is 1. The summed E-state index contributed by atoms with van der Waals surface area (Å²) >= 11 is 6.05. The number of halogens is 1. The van der Waals surface area contributed by atoms with E-state index in [-0.39, 0.29) is 5.91 Å². The van der Waals surface area contributed by atoms with Crippen molar-refractivity contribution >= 4 is 29.1 Å². The molecule has 2 aromatic carbocycles.